The zero-order chi connectivity index (χ0) is 13.8. The molecule has 5 nitrogen and oxygen atoms in total. The molecular weight excluding hydrogens is 310 g/mol. The first-order valence-corrected chi connectivity index (χ1v) is 6.69. The van der Waals surface area contributed by atoms with Crippen molar-refractivity contribution in [3.05, 3.63) is 46.0 Å². The van der Waals surface area contributed by atoms with Crippen LogP contribution in [0.15, 0.2) is 33.3 Å². The zero-order valence-electron chi connectivity index (χ0n) is 10.7. The third-order valence-electron chi connectivity index (χ3n) is 2.74. The van der Waals surface area contributed by atoms with Gasteiger partial charge in [-0.3, -0.25) is 4.79 Å². The van der Waals surface area contributed by atoms with Crippen LogP contribution in [0.4, 0.5) is 0 Å². The maximum absolute atomic E-state index is 11.7. The fraction of sp³-hybridized carbons (Fsp3) is 0.308. The molecule has 1 aromatic carbocycles. The molecule has 0 aliphatic heterocycles. The molecular formula is C13H14BrN3O2. The average molecular weight is 324 g/mol. The number of hydrogen-bond donors (Lipinski definition) is 1. The predicted molar refractivity (Wildman–Crippen MR) is 73.9 cm³/mol. The molecule has 0 saturated heterocycles. The number of amides is 1. The molecule has 2 aromatic rings. The van der Waals surface area contributed by atoms with Crippen molar-refractivity contribution in [2.24, 2.45) is 0 Å². The summed E-state index contributed by atoms with van der Waals surface area (Å²) in [5, 5.41) is 6.36. The minimum absolute atomic E-state index is 0.0699. The van der Waals surface area contributed by atoms with Gasteiger partial charge in [-0.2, -0.15) is 4.98 Å². The van der Waals surface area contributed by atoms with Crippen LogP contribution in [0.5, 0.6) is 0 Å². The molecule has 0 saturated carbocycles. The van der Waals surface area contributed by atoms with Gasteiger partial charge in [-0.05, 0) is 23.6 Å². The highest BCUT2D eigenvalue weighted by atomic mass is 79.9. The van der Waals surface area contributed by atoms with E-state index in [4.69, 9.17) is 4.52 Å². The highest BCUT2D eigenvalue weighted by Crippen LogP contribution is 2.17. The van der Waals surface area contributed by atoms with Gasteiger partial charge in [-0.1, -0.05) is 40.1 Å². The summed E-state index contributed by atoms with van der Waals surface area (Å²) in [7, 11) is 0. The van der Waals surface area contributed by atoms with E-state index in [0.717, 1.165) is 10.0 Å². The molecule has 1 heterocycles. The summed E-state index contributed by atoms with van der Waals surface area (Å²) in [4.78, 5) is 15.6. The second-order valence-corrected chi connectivity index (χ2v) is 5.22. The van der Waals surface area contributed by atoms with Crippen molar-refractivity contribution in [2.75, 3.05) is 6.54 Å². The molecule has 1 N–H and O–H groups in total. The Balaban J connectivity index is 1.91. The van der Waals surface area contributed by atoms with E-state index in [1.54, 1.807) is 6.92 Å². The second kappa shape index (κ2) is 5.97. The lowest BCUT2D eigenvalue weighted by molar-refractivity contribution is 0.0938. The molecule has 0 spiro atoms. The van der Waals surface area contributed by atoms with Gasteiger partial charge in [0.25, 0.3) is 11.7 Å². The van der Waals surface area contributed by atoms with Gasteiger partial charge >= 0.3 is 0 Å². The number of carbonyl (C=O) groups is 1. The first-order chi connectivity index (χ1) is 9.06. The minimum atomic E-state index is -0.319. The van der Waals surface area contributed by atoms with Gasteiger partial charge in [-0.15, -0.1) is 0 Å². The van der Waals surface area contributed by atoms with Gasteiger partial charge in [-0.25, -0.2) is 0 Å². The second-order valence-electron chi connectivity index (χ2n) is 4.30. The Labute approximate surface area is 119 Å². The Morgan fingerprint density at radius 1 is 1.42 bits per heavy atom. The molecule has 1 unspecified atom stereocenters. The van der Waals surface area contributed by atoms with Crippen LogP contribution in [0.25, 0.3) is 0 Å². The molecule has 0 radical (unpaired) electrons. The van der Waals surface area contributed by atoms with Gasteiger partial charge in [0, 0.05) is 17.9 Å². The number of benzene rings is 1. The largest absolute Gasteiger partial charge is 0.349 e. The molecule has 19 heavy (non-hydrogen) atoms. The summed E-state index contributed by atoms with van der Waals surface area (Å²) >= 11 is 3.39. The van der Waals surface area contributed by atoms with Crippen LogP contribution in [0, 0.1) is 6.92 Å². The lowest BCUT2D eigenvalue weighted by Gasteiger charge is -2.12. The smallest absolute Gasteiger partial charge is 0.292 e. The molecule has 0 bridgehead atoms. The minimum Gasteiger partial charge on any atom is -0.349 e. The van der Waals surface area contributed by atoms with Crippen LogP contribution >= 0.6 is 15.9 Å². The number of carbonyl (C=O) groups excluding carboxylic acids is 1. The van der Waals surface area contributed by atoms with E-state index in [1.807, 2.05) is 31.2 Å². The first-order valence-electron chi connectivity index (χ1n) is 5.90. The fourth-order valence-corrected chi connectivity index (χ4v) is 1.89. The van der Waals surface area contributed by atoms with Crippen LogP contribution in [0.1, 0.15) is 34.9 Å². The van der Waals surface area contributed by atoms with E-state index in [2.05, 4.69) is 31.4 Å². The molecule has 6 heteroatoms. The predicted octanol–water partition coefficient (Wildman–Crippen LogP) is 2.67. The van der Waals surface area contributed by atoms with E-state index in [9.17, 15) is 4.79 Å². The SMILES string of the molecule is Cc1nc(C(=O)NCC(C)c2ccc(Br)cc2)no1. The molecule has 0 fully saturated rings. The highest BCUT2D eigenvalue weighted by Gasteiger charge is 2.14. The first kappa shape index (κ1) is 13.7. The molecule has 2 rings (SSSR count). The summed E-state index contributed by atoms with van der Waals surface area (Å²) < 4.78 is 5.80. The fourth-order valence-electron chi connectivity index (χ4n) is 1.63. The molecule has 0 aliphatic rings. The normalized spacial score (nSPS) is 12.2. The van der Waals surface area contributed by atoms with E-state index < -0.39 is 0 Å². The van der Waals surface area contributed by atoms with Crippen molar-refractivity contribution in [1.82, 2.24) is 15.5 Å². The molecule has 1 amide bonds. The van der Waals surface area contributed by atoms with Gasteiger partial charge in [0.05, 0.1) is 0 Å². The summed E-state index contributed by atoms with van der Waals surface area (Å²) in [6.45, 7) is 4.22. The molecule has 100 valence electrons. The van der Waals surface area contributed by atoms with Gasteiger partial charge in [0.15, 0.2) is 0 Å². The Hall–Kier alpha value is -1.69. The Morgan fingerprint density at radius 3 is 2.68 bits per heavy atom. The number of nitrogens with zero attached hydrogens (tertiary/aromatic N) is 2. The molecule has 1 atom stereocenters. The van der Waals surface area contributed by atoms with Crippen LogP contribution in [-0.2, 0) is 0 Å². The van der Waals surface area contributed by atoms with E-state index in [-0.39, 0.29) is 17.6 Å². The van der Waals surface area contributed by atoms with Crippen LogP contribution in [0.3, 0.4) is 0 Å². The van der Waals surface area contributed by atoms with Gasteiger partial charge in [0.1, 0.15) is 0 Å². The molecule has 0 aliphatic carbocycles. The average Bonchev–Trinajstić information content (AvgIpc) is 2.83. The van der Waals surface area contributed by atoms with Crippen LogP contribution in [0.2, 0.25) is 0 Å². The number of aryl methyl sites for hydroxylation is 1. The zero-order valence-corrected chi connectivity index (χ0v) is 12.3. The lowest BCUT2D eigenvalue weighted by Crippen LogP contribution is -2.28. The number of halogens is 1. The Bertz CT molecular complexity index is 566. The van der Waals surface area contributed by atoms with Crippen molar-refractivity contribution in [3.8, 4) is 0 Å². The van der Waals surface area contributed by atoms with Crippen LogP contribution < -0.4 is 5.32 Å². The summed E-state index contributed by atoms with van der Waals surface area (Å²) in [5.74, 6) is 0.345. The monoisotopic (exact) mass is 323 g/mol. The third kappa shape index (κ3) is 3.64. The topological polar surface area (TPSA) is 68.0 Å². The number of aromatic nitrogens is 2. The third-order valence-corrected chi connectivity index (χ3v) is 3.27. The molecule has 1 aromatic heterocycles. The van der Waals surface area contributed by atoms with E-state index >= 15 is 0 Å². The Kier molecular flexibility index (Phi) is 4.31. The van der Waals surface area contributed by atoms with Crippen molar-refractivity contribution in [2.45, 2.75) is 19.8 Å². The highest BCUT2D eigenvalue weighted by molar-refractivity contribution is 9.10. The van der Waals surface area contributed by atoms with Gasteiger partial charge in [0.2, 0.25) is 5.89 Å². The lowest BCUT2D eigenvalue weighted by atomic mass is 10.0. The van der Waals surface area contributed by atoms with Crippen LogP contribution in [-0.4, -0.2) is 22.6 Å². The van der Waals surface area contributed by atoms with E-state index in [1.165, 1.54) is 0 Å². The number of rotatable bonds is 4. The Morgan fingerprint density at radius 2 is 2.11 bits per heavy atom. The summed E-state index contributed by atoms with van der Waals surface area (Å²) in [6.07, 6.45) is 0. The maximum Gasteiger partial charge on any atom is 0.292 e. The van der Waals surface area contributed by atoms with Gasteiger partial charge < -0.3 is 9.84 Å². The number of nitrogens with one attached hydrogen (secondary N) is 1. The van der Waals surface area contributed by atoms with Crippen molar-refractivity contribution in [1.29, 1.82) is 0 Å². The van der Waals surface area contributed by atoms with E-state index in [0.29, 0.717) is 12.4 Å². The van der Waals surface area contributed by atoms with Crippen molar-refractivity contribution >= 4 is 21.8 Å². The van der Waals surface area contributed by atoms with Crippen molar-refractivity contribution in [3.63, 3.8) is 0 Å². The quantitative estimate of drug-likeness (QED) is 0.939. The van der Waals surface area contributed by atoms with Crippen molar-refractivity contribution < 1.29 is 9.32 Å². The standard InChI is InChI=1S/C13H14BrN3O2/c1-8(10-3-5-11(14)6-4-10)7-15-13(18)12-16-9(2)19-17-12/h3-6,8H,7H2,1-2H3,(H,15,18). The number of hydrogen-bond acceptors (Lipinski definition) is 4. The maximum atomic E-state index is 11.7. The summed E-state index contributed by atoms with van der Waals surface area (Å²) in [5.41, 5.74) is 1.16. The summed E-state index contributed by atoms with van der Waals surface area (Å²) in [6, 6.07) is 8.02.